The van der Waals surface area contributed by atoms with Crippen molar-refractivity contribution in [3.05, 3.63) is 45.9 Å². The van der Waals surface area contributed by atoms with Crippen molar-refractivity contribution >= 4 is 34.0 Å². The van der Waals surface area contributed by atoms with E-state index in [2.05, 4.69) is 31.8 Å². The second-order valence-corrected chi connectivity index (χ2v) is 8.96. The minimum absolute atomic E-state index is 0.118. The number of amides is 2. The molecule has 1 atom stereocenters. The molecular weight excluding hydrogens is 518 g/mol. The van der Waals surface area contributed by atoms with Crippen LogP contribution in [0.15, 0.2) is 39.9 Å². The van der Waals surface area contributed by atoms with E-state index in [1.54, 1.807) is 24.3 Å². The number of carbonyl (C=O) groups excluding carboxylic acids is 2. The van der Waals surface area contributed by atoms with Crippen LogP contribution in [-0.2, 0) is 4.79 Å². The Kier molecular flexibility index (Phi) is 9.36. The van der Waals surface area contributed by atoms with Gasteiger partial charge in [-0.1, -0.05) is 20.8 Å². The summed E-state index contributed by atoms with van der Waals surface area (Å²) in [6.45, 7) is 8.76. The molecule has 1 aliphatic rings. The van der Waals surface area contributed by atoms with Gasteiger partial charge in [-0.15, -0.1) is 0 Å². The first-order chi connectivity index (χ1) is 16.8. The number of hydrogen-bond donors (Lipinski definition) is 2. The van der Waals surface area contributed by atoms with E-state index in [4.69, 9.17) is 18.9 Å². The van der Waals surface area contributed by atoms with Gasteiger partial charge < -0.3 is 24.3 Å². The van der Waals surface area contributed by atoms with E-state index < -0.39 is 17.9 Å². The molecule has 9 nitrogen and oxygen atoms in total. The first kappa shape index (κ1) is 26.3. The van der Waals surface area contributed by atoms with E-state index in [1.807, 2.05) is 33.8 Å². The van der Waals surface area contributed by atoms with Crippen LogP contribution in [0.25, 0.3) is 0 Å². The quantitative estimate of drug-likeness (QED) is 0.321. The topological polar surface area (TPSA) is 107 Å². The first-order valence-electron chi connectivity index (χ1n) is 11.5. The van der Waals surface area contributed by atoms with Crippen molar-refractivity contribution in [3.8, 4) is 23.0 Å². The highest BCUT2D eigenvalue weighted by atomic mass is 79.9. The van der Waals surface area contributed by atoms with Crippen LogP contribution in [0.1, 0.15) is 50.0 Å². The van der Waals surface area contributed by atoms with Crippen LogP contribution in [0.3, 0.4) is 0 Å². The van der Waals surface area contributed by atoms with E-state index in [1.165, 1.54) is 6.21 Å². The second kappa shape index (κ2) is 12.4. The summed E-state index contributed by atoms with van der Waals surface area (Å²) in [4.78, 5) is 25.5. The lowest BCUT2D eigenvalue weighted by Gasteiger charge is -2.20. The molecule has 2 N–H and O–H groups in total. The average molecular weight is 548 g/mol. The third-order valence-electron chi connectivity index (χ3n) is 5.04. The highest BCUT2D eigenvalue weighted by molar-refractivity contribution is 9.10. The molecule has 3 rings (SSSR count). The van der Waals surface area contributed by atoms with Crippen molar-refractivity contribution in [1.29, 1.82) is 0 Å². The van der Waals surface area contributed by atoms with Gasteiger partial charge in [0.2, 0.25) is 6.79 Å². The van der Waals surface area contributed by atoms with Crippen LogP contribution in [0.5, 0.6) is 23.0 Å². The smallest absolute Gasteiger partial charge is 0.262 e. The summed E-state index contributed by atoms with van der Waals surface area (Å²) in [5.74, 6) is 1.29. The standard InChI is InChI=1S/C25H30BrN3O6/c1-5-9-33-23-18(26)10-16(11-21(23)32-6-2)13-27-29-25(31)22(15(3)4)28-24(30)17-7-8-19-20(12-17)35-14-34-19/h7-8,10-13,15,22H,5-6,9,14H2,1-4H3,(H,28,30)(H,29,31). The molecule has 1 unspecified atom stereocenters. The fraction of sp³-hybridized carbons (Fsp3) is 0.400. The molecule has 1 aliphatic heterocycles. The Morgan fingerprint density at radius 2 is 1.91 bits per heavy atom. The predicted molar refractivity (Wildman–Crippen MR) is 135 cm³/mol. The lowest BCUT2D eigenvalue weighted by atomic mass is 10.0. The Hall–Kier alpha value is -3.27. The summed E-state index contributed by atoms with van der Waals surface area (Å²) >= 11 is 3.51. The zero-order valence-corrected chi connectivity index (χ0v) is 21.8. The van der Waals surface area contributed by atoms with Gasteiger partial charge in [0, 0.05) is 5.56 Å². The van der Waals surface area contributed by atoms with Gasteiger partial charge in [0.15, 0.2) is 23.0 Å². The van der Waals surface area contributed by atoms with Gasteiger partial charge in [-0.3, -0.25) is 9.59 Å². The van der Waals surface area contributed by atoms with Gasteiger partial charge in [0.05, 0.1) is 23.9 Å². The number of hydrazone groups is 1. The fourth-order valence-electron chi connectivity index (χ4n) is 3.31. The summed E-state index contributed by atoms with van der Waals surface area (Å²) in [5.41, 5.74) is 3.59. The summed E-state index contributed by atoms with van der Waals surface area (Å²) < 4.78 is 22.8. The fourth-order valence-corrected chi connectivity index (χ4v) is 3.88. The van der Waals surface area contributed by atoms with Gasteiger partial charge in [0.25, 0.3) is 11.8 Å². The maximum absolute atomic E-state index is 12.8. The summed E-state index contributed by atoms with van der Waals surface area (Å²) in [6, 6.07) is 7.70. The SMILES string of the molecule is CCCOc1c(Br)cc(C=NNC(=O)C(NC(=O)c2ccc3c(c2)OCO3)C(C)C)cc1OCC. The number of nitrogens with one attached hydrogen (secondary N) is 2. The zero-order valence-electron chi connectivity index (χ0n) is 20.2. The molecule has 0 saturated carbocycles. The van der Waals surface area contributed by atoms with Crippen molar-refractivity contribution in [3.63, 3.8) is 0 Å². The van der Waals surface area contributed by atoms with E-state index in [9.17, 15) is 9.59 Å². The number of carbonyl (C=O) groups is 2. The molecule has 2 aromatic rings. The van der Waals surface area contributed by atoms with Crippen LogP contribution >= 0.6 is 15.9 Å². The summed E-state index contributed by atoms with van der Waals surface area (Å²) in [5, 5.41) is 6.85. The Balaban J connectivity index is 1.67. The van der Waals surface area contributed by atoms with E-state index in [0.717, 1.165) is 10.9 Å². The monoisotopic (exact) mass is 547 g/mol. The van der Waals surface area contributed by atoms with Crippen LogP contribution in [0.2, 0.25) is 0 Å². The Labute approximate surface area is 213 Å². The molecular formula is C25H30BrN3O6. The number of rotatable bonds is 11. The molecule has 2 amide bonds. The average Bonchev–Trinajstić information content (AvgIpc) is 3.30. The van der Waals surface area contributed by atoms with Crippen LogP contribution in [0, 0.1) is 5.92 Å². The van der Waals surface area contributed by atoms with Crippen molar-refractivity contribution in [1.82, 2.24) is 10.7 Å². The number of benzene rings is 2. The van der Waals surface area contributed by atoms with E-state index in [0.29, 0.717) is 47.3 Å². The van der Waals surface area contributed by atoms with Gasteiger partial charge in [-0.25, -0.2) is 5.43 Å². The third-order valence-corrected chi connectivity index (χ3v) is 5.63. The third kappa shape index (κ3) is 6.88. The van der Waals surface area contributed by atoms with Gasteiger partial charge in [-0.05, 0) is 71.1 Å². The number of fused-ring (bicyclic) bond motifs is 1. The Bertz CT molecular complexity index is 1090. The summed E-state index contributed by atoms with van der Waals surface area (Å²) in [7, 11) is 0. The van der Waals surface area contributed by atoms with E-state index in [-0.39, 0.29) is 12.7 Å². The second-order valence-electron chi connectivity index (χ2n) is 8.11. The van der Waals surface area contributed by atoms with Crippen LogP contribution in [0.4, 0.5) is 0 Å². The van der Waals surface area contributed by atoms with Crippen LogP contribution in [-0.4, -0.2) is 44.1 Å². The molecule has 2 aromatic carbocycles. The highest BCUT2D eigenvalue weighted by Crippen LogP contribution is 2.36. The lowest BCUT2D eigenvalue weighted by molar-refractivity contribution is -0.123. The zero-order chi connectivity index (χ0) is 25.4. The maximum Gasteiger partial charge on any atom is 0.262 e. The molecule has 0 spiro atoms. The molecule has 0 fully saturated rings. The predicted octanol–water partition coefficient (Wildman–Crippen LogP) is 4.27. The maximum atomic E-state index is 12.8. The number of nitrogens with zero attached hydrogens (tertiary/aromatic N) is 1. The van der Waals surface area contributed by atoms with Crippen molar-refractivity contribution in [2.45, 2.75) is 40.2 Å². The number of hydrogen-bond acceptors (Lipinski definition) is 7. The molecule has 35 heavy (non-hydrogen) atoms. The van der Waals surface area contributed by atoms with E-state index >= 15 is 0 Å². The molecule has 0 radical (unpaired) electrons. The van der Waals surface area contributed by atoms with Crippen molar-refractivity contribution in [2.24, 2.45) is 11.0 Å². The normalized spacial score (nSPS) is 13.1. The van der Waals surface area contributed by atoms with Gasteiger partial charge in [0.1, 0.15) is 6.04 Å². The van der Waals surface area contributed by atoms with Gasteiger partial charge in [-0.2, -0.15) is 5.10 Å². The minimum atomic E-state index is -0.791. The number of halogens is 1. The van der Waals surface area contributed by atoms with Gasteiger partial charge >= 0.3 is 0 Å². The molecule has 0 aromatic heterocycles. The molecule has 1 heterocycles. The lowest BCUT2D eigenvalue weighted by Crippen LogP contribution is -2.48. The number of ether oxygens (including phenoxy) is 4. The van der Waals surface area contributed by atoms with Crippen molar-refractivity contribution < 1.29 is 28.5 Å². The minimum Gasteiger partial charge on any atom is -0.490 e. The molecule has 0 bridgehead atoms. The molecule has 188 valence electrons. The summed E-state index contributed by atoms with van der Waals surface area (Å²) in [6.07, 6.45) is 2.38. The highest BCUT2D eigenvalue weighted by Gasteiger charge is 2.25. The Morgan fingerprint density at radius 3 is 2.63 bits per heavy atom. The Morgan fingerprint density at radius 1 is 1.14 bits per heavy atom. The van der Waals surface area contributed by atoms with Crippen LogP contribution < -0.4 is 29.7 Å². The molecule has 0 aliphatic carbocycles. The largest absolute Gasteiger partial charge is 0.490 e. The van der Waals surface area contributed by atoms with Crippen molar-refractivity contribution in [2.75, 3.05) is 20.0 Å². The first-order valence-corrected chi connectivity index (χ1v) is 12.3. The molecule has 10 heteroatoms. The molecule has 0 saturated heterocycles.